The zero-order valence-corrected chi connectivity index (χ0v) is 17.1. The minimum atomic E-state index is -0.129. The first-order valence-electron chi connectivity index (χ1n) is 8.32. The van der Waals surface area contributed by atoms with Gasteiger partial charge in [-0.15, -0.1) is 10.2 Å². The molecule has 0 atom stereocenters. The fraction of sp³-hybridized carbons (Fsp3) is 0.375. The first kappa shape index (κ1) is 19.0. The molecular formula is C16H20IN7OS. The molecule has 0 unspecified atom stereocenters. The fourth-order valence-corrected chi connectivity index (χ4v) is 3.53. The second kappa shape index (κ2) is 9.21. The van der Waals surface area contributed by atoms with Gasteiger partial charge in [-0.25, -0.2) is 10.1 Å². The Hall–Kier alpha value is -1.82. The summed E-state index contributed by atoms with van der Waals surface area (Å²) in [5.41, 5.74) is 4.76. The first-order chi connectivity index (χ1) is 12.6. The fourth-order valence-electron chi connectivity index (χ4n) is 2.51. The molecule has 8 nitrogen and oxygen atoms in total. The van der Waals surface area contributed by atoms with Gasteiger partial charge in [0.2, 0.25) is 11.1 Å². The summed E-state index contributed by atoms with van der Waals surface area (Å²) in [4.78, 5) is 12.1. The van der Waals surface area contributed by atoms with Crippen LogP contribution in [0.5, 0.6) is 0 Å². The van der Waals surface area contributed by atoms with E-state index in [0.29, 0.717) is 11.1 Å². The molecule has 10 heteroatoms. The maximum atomic E-state index is 12.1. The lowest BCUT2D eigenvalue weighted by molar-refractivity contribution is -0.113. The van der Waals surface area contributed by atoms with Gasteiger partial charge in [0.25, 0.3) is 5.95 Å². The third kappa shape index (κ3) is 5.34. The number of aromatic nitrogens is 3. The van der Waals surface area contributed by atoms with E-state index in [-0.39, 0.29) is 11.7 Å². The Morgan fingerprint density at radius 3 is 2.69 bits per heavy atom. The van der Waals surface area contributed by atoms with Gasteiger partial charge < -0.3 is 11.2 Å². The number of thioether (sulfide) groups is 1. The van der Waals surface area contributed by atoms with Gasteiger partial charge in [-0.3, -0.25) is 4.79 Å². The molecule has 0 spiro atoms. The van der Waals surface area contributed by atoms with Gasteiger partial charge in [0.15, 0.2) is 0 Å². The van der Waals surface area contributed by atoms with Crippen molar-refractivity contribution in [1.29, 1.82) is 0 Å². The van der Waals surface area contributed by atoms with Gasteiger partial charge in [-0.1, -0.05) is 18.2 Å². The van der Waals surface area contributed by atoms with Crippen molar-refractivity contribution in [3.8, 4) is 0 Å². The number of anilines is 2. The number of amides is 1. The van der Waals surface area contributed by atoms with E-state index in [1.165, 1.54) is 35.7 Å². The largest absolute Gasteiger partial charge is 0.334 e. The molecule has 1 amide bonds. The number of nitrogens with zero attached hydrogens (tertiary/aromatic N) is 4. The number of halogens is 1. The van der Waals surface area contributed by atoms with Crippen LogP contribution in [0.4, 0.5) is 11.6 Å². The molecule has 0 radical (unpaired) electrons. The average molecular weight is 485 g/mol. The van der Waals surface area contributed by atoms with Gasteiger partial charge >= 0.3 is 0 Å². The molecule has 1 saturated carbocycles. The molecule has 0 aliphatic heterocycles. The number of hydrogen-bond donors (Lipinski definition) is 3. The van der Waals surface area contributed by atoms with Crippen LogP contribution in [0.2, 0.25) is 0 Å². The highest BCUT2D eigenvalue weighted by atomic mass is 127. The molecule has 1 aliphatic carbocycles. The zero-order valence-electron chi connectivity index (χ0n) is 14.1. The normalized spacial score (nSPS) is 14.1. The second-order valence-corrected chi connectivity index (χ2v) is 8.06. The molecule has 2 aromatic rings. The van der Waals surface area contributed by atoms with Crippen LogP contribution < -0.4 is 16.6 Å². The Kier molecular flexibility index (Phi) is 6.72. The minimum Gasteiger partial charge on any atom is -0.334 e. The molecule has 1 heterocycles. The molecule has 3 rings (SSSR count). The van der Waals surface area contributed by atoms with Crippen LogP contribution in [-0.4, -0.2) is 32.2 Å². The van der Waals surface area contributed by atoms with Gasteiger partial charge in [0, 0.05) is 15.0 Å². The Morgan fingerprint density at radius 2 is 1.96 bits per heavy atom. The van der Waals surface area contributed by atoms with E-state index in [4.69, 9.17) is 5.84 Å². The summed E-state index contributed by atoms with van der Waals surface area (Å²) in [5, 5.41) is 15.6. The molecule has 138 valence electrons. The Morgan fingerprint density at radius 1 is 1.23 bits per heavy atom. The molecule has 1 aromatic carbocycles. The number of carbonyl (C=O) groups excluding carboxylic acids is 1. The monoisotopic (exact) mass is 485 g/mol. The van der Waals surface area contributed by atoms with Crippen LogP contribution in [0, 0.1) is 3.57 Å². The summed E-state index contributed by atoms with van der Waals surface area (Å²) in [6.45, 7) is 0. The molecular weight excluding hydrogens is 465 g/mol. The quantitative estimate of drug-likeness (QED) is 0.251. The molecule has 1 fully saturated rings. The SMILES string of the molecule is Nn1c(NN=C2CCCCC2)nnc1SCC(=O)Nc1ccc(I)cc1. The number of hydrazone groups is 1. The summed E-state index contributed by atoms with van der Waals surface area (Å²) in [7, 11) is 0. The lowest BCUT2D eigenvalue weighted by atomic mass is 9.99. The number of nitrogens with one attached hydrogen (secondary N) is 2. The molecule has 0 bridgehead atoms. The number of carbonyl (C=O) groups is 1. The van der Waals surface area contributed by atoms with Crippen molar-refractivity contribution >= 4 is 57.6 Å². The Bertz CT molecular complexity index is 782. The second-order valence-electron chi connectivity index (χ2n) is 5.87. The highest BCUT2D eigenvalue weighted by molar-refractivity contribution is 14.1. The van der Waals surface area contributed by atoms with Crippen LogP contribution in [-0.2, 0) is 4.79 Å². The summed E-state index contributed by atoms with van der Waals surface area (Å²) in [6.07, 6.45) is 5.62. The maximum Gasteiger partial charge on any atom is 0.264 e. The van der Waals surface area contributed by atoms with Crippen molar-refractivity contribution in [2.45, 2.75) is 37.3 Å². The third-order valence-electron chi connectivity index (χ3n) is 3.87. The van der Waals surface area contributed by atoms with Gasteiger partial charge in [-0.2, -0.15) is 5.10 Å². The predicted octanol–water partition coefficient (Wildman–Crippen LogP) is 3.06. The van der Waals surface area contributed by atoms with Crippen molar-refractivity contribution in [3.05, 3.63) is 27.8 Å². The molecule has 0 saturated heterocycles. The topological polar surface area (TPSA) is 110 Å². The Balaban J connectivity index is 1.51. The van der Waals surface area contributed by atoms with Crippen molar-refractivity contribution in [1.82, 2.24) is 14.9 Å². The van der Waals surface area contributed by atoms with Crippen LogP contribution in [0.15, 0.2) is 34.5 Å². The summed E-state index contributed by atoms with van der Waals surface area (Å²) < 4.78 is 2.43. The molecule has 1 aromatic heterocycles. The maximum absolute atomic E-state index is 12.1. The van der Waals surface area contributed by atoms with E-state index in [1.807, 2.05) is 24.3 Å². The van der Waals surface area contributed by atoms with E-state index in [0.717, 1.165) is 27.8 Å². The van der Waals surface area contributed by atoms with Crippen molar-refractivity contribution < 1.29 is 4.79 Å². The van der Waals surface area contributed by atoms with E-state index in [1.54, 1.807) is 0 Å². The van der Waals surface area contributed by atoms with E-state index < -0.39 is 0 Å². The number of nitrogens with two attached hydrogens (primary N) is 1. The zero-order chi connectivity index (χ0) is 18.4. The summed E-state index contributed by atoms with van der Waals surface area (Å²) in [5.74, 6) is 6.41. The molecule has 26 heavy (non-hydrogen) atoms. The average Bonchev–Trinajstić information content (AvgIpc) is 3.01. The van der Waals surface area contributed by atoms with Crippen LogP contribution in [0.1, 0.15) is 32.1 Å². The number of hydrogen-bond acceptors (Lipinski definition) is 7. The van der Waals surface area contributed by atoms with Crippen LogP contribution in [0.25, 0.3) is 0 Å². The lowest BCUT2D eigenvalue weighted by Gasteiger charge is -2.12. The highest BCUT2D eigenvalue weighted by Crippen LogP contribution is 2.19. The van der Waals surface area contributed by atoms with E-state index >= 15 is 0 Å². The van der Waals surface area contributed by atoms with Crippen LogP contribution in [0.3, 0.4) is 0 Å². The lowest BCUT2D eigenvalue weighted by Crippen LogP contribution is -2.17. The highest BCUT2D eigenvalue weighted by Gasteiger charge is 2.13. The summed E-state index contributed by atoms with van der Waals surface area (Å²) >= 11 is 3.44. The van der Waals surface area contributed by atoms with Gasteiger partial charge in [-0.05, 0) is 72.5 Å². The first-order valence-corrected chi connectivity index (χ1v) is 10.4. The van der Waals surface area contributed by atoms with Crippen molar-refractivity contribution in [2.75, 3.05) is 22.3 Å². The van der Waals surface area contributed by atoms with Crippen molar-refractivity contribution in [3.63, 3.8) is 0 Å². The van der Waals surface area contributed by atoms with E-state index in [2.05, 4.69) is 48.6 Å². The predicted molar refractivity (Wildman–Crippen MR) is 113 cm³/mol. The third-order valence-corrected chi connectivity index (χ3v) is 5.53. The van der Waals surface area contributed by atoms with Crippen LogP contribution >= 0.6 is 34.4 Å². The molecule has 4 N–H and O–H groups in total. The smallest absolute Gasteiger partial charge is 0.264 e. The summed E-state index contributed by atoms with van der Waals surface area (Å²) in [6, 6.07) is 7.60. The number of nitrogen functional groups attached to an aromatic ring is 1. The van der Waals surface area contributed by atoms with Gasteiger partial charge in [0.1, 0.15) is 0 Å². The number of benzene rings is 1. The number of rotatable bonds is 6. The standard InChI is InChI=1S/C16H20IN7OS/c17-11-6-8-12(9-7-11)19-14(25)10-26-16-23-22-15(24(16)18)21-20-13-4-2-1-3-5-13/h6-9H,1-5,10,18H2,(H,19,25)(H,21,22). The minimum absolute atomic E-state index is 0.129. The van der Waals surface area contributed by atoms with Crippen molar-refractivity contribution in [2.24, 2.45) is 5.10 Å². The Labute approximate surface area is 169 Å². The van der Waals surface area contributed by atoms with E-state index in [9.17, 15) is 4.79 Å². The molecule has 1 aliphatic rings. The van der Waals surface area contributed by atoms with Gasteiger partial charge in [0.05, 0.1) is 5.75 Å².